The minimum absolute atomic E-state index is 0.863. The Labute approximate surface area is 114 Å². The zero-order valence-corrected chi connectivity index (χ0v) is 12.5. The molecule has 0 aliphatic carbocycles. The Kier molecular flexibility index (Phi) is 13.7. The van der Waals surface area contributed by atoms with Gasteiger partial charge in [-0.3, -0.25) is 0 Å². The summed E-state index contributed by atoms with van der Waals surface area (Å²) >= 11 is 0. The number of allylic oxidation sites excluding steroid dienone is 2. The van der Waals surface area contributed by atoms with Crippen molar-refractivity contribution in [2.24, 2.45) is 0 Å². The summed E-state index contributed by atoms with van der Waals surface area (Å²) in [5.74, 6) is 0. The van der Waals surface area contributed by atoms with Gasteiger partial charge in [-0.15, -0.1) is 0 Å². The third-order valence-corrected chi connectivity index (χ3v) is 3.43. The first-order valence-corrected chi connectivity index (χ1v) is 7.88. The van der Waals surface area contributed by atoms with Crippen LogP contribution in [-0.4, -0.2) is 0 Å². The normalized spacial score (nSPS) is 11.5. The van der Waals surface area contributed by atoms with E-state index in [-0.39, 0.29) is 0 Å². The van der Waals surface area contributed by atoms with Gasteiger partial charge in [0.05, 0.1) is 6.07 Å². The number of nitrogens with zero attached hydrogens (tertiary/aromatic N) is 1. The van der Waals surface area contributed by atoms with E-state index in [1.165, 1.54) is 70.6 Å². The van der Waals surface area contributed by atoms with E-state index in [4.69, 9.17) is 5.26 Å². The molecule has 0 saturated heterocycles. The molecule has 1 heteroatoms. The van der Waals surface area contributed by atoms with Gasteiger partial charge in [0.2, 0.25) is 0 Å². The van der Waals surface area contributed by atoms with Crippen LogP contribution in [0.4, 0.5) is 0 Å². The maximum absolute atomic E-state index is 8.59. The predicted molar refractivity (Wildman–Crippen MR) is 80.4 cm³/mol. The maximum Gasteiger partial charge on any atom is 0.0940 e. The van der Waals surface area contributed by atoms with Crippen molar-refractivity contribution in [3.63, 3.8) is 0 Å². The number of rotatable bonds is 12. The standard InChI is InChI=1S/C17H31N/c1-3-4-5-6-7-8-9-10-11-12-13-14-15-17(2)16-18/h15H,3-14H2,1-2H3. The second-order valence-corrected chi connectivity index (χ2v) is 5.32. The molecule has 0 aromatic rings. The SMILES string of the molecule is CCCCCCCCCCCCCC=C(C)C#N. The third kappa shape index (κ3) is 13.3. The molecule has 0 rings (SSSR count). The zero-order valence-electron chi connectivity index (χ0n) is 12.5. The van der Waals surface area contributed by atoms with Crippen molar-refractivity contribution in [1.29, 1.82) is 5.26 Å². The number of nitriles is 1. The van der Waals surface area contributed by atoms with E-state index < -0.39 is 0 Å². The topological polar surface area (TPSA) is 23.8 Å². The minimum Gasteiger partial charge on any atom is -0.193 e. The summed E-state index contributed by atoms with van der Waals surface area (Å²) in [6.07, 6.45) is 18.4. The van der Waals surface area contributed by atoms with Gasteiger partial charge in [-0.2, -0.15) is 5.26 Å². The highest BCUT2D eigenvalue weighted by Gasteiger charge is 1.92. The van der Waals surface area contributed by atoms with Gasteiger partial charge in [0.15, 0.2) is 0 Å². The average Bonchev–Trinajstić information content (AvgIpc) is 2.39. The molecule has 0 atom stereocenters. The summed E-state index contributed by atoms with van der Waals surface area (Å²) in [4.78, 5) is 0. The van der Waals surface area contributed by atoms with E-state index >= 15 is 0 Å². The van der Waals surface area contributed by atoms with Gasteiger partial charge in [-0.1, -0.05) is 77.2 Å². The van der Waals surface area contributed by atoms with Crippen molar-refractivity contribution in [2.45, 2.75) is 90.9 Å². The van der Waals surface area contributed by atoms with Crippen molar-refractivity contribution in [2.75, 3.05) is 0 Å². The molecule has 0 aliphatic rings. The van der Waals surface area contributed by atoms with Crippen molar-refractivity contribution in [1.82, 2.24) is 0 Å². The molecule has 18 heavy (non-hydrogen) atoms. The van der Waals surface area contributed by atoms with Crippen LogP contribution >= 0.6 is 0 Å². The lowest BCUT2D eigenvalue weighted by molar-refractivity contribution is 0.550. The zero-order chi connectivity index (χ0) is 13.5. The molecule has 0 aliphatic heterocycles. The van der Waals surface area contributed by atoms with Crippen LogP contribution in [0, 0.1) is 11.3 Å². The summed E-state index contributed by atoms with van der Waals surface area (Å²) in [7, 11) is 0. The van der Waals surface area contributed by atoms with Crippen molar-refractivity contribution in [3.05, 3.63) is 11.6 Å². The molecule has 104 valence electrons. The minimum atomic E-state index is 0.863. The highest BCUT2D eigenvalue weighted by atomic mass is 14.2. The van der Waals surface area contributed by atoms with Crippen LogP contribution in [0.3, 0.4) is 0 Å². The van der Waals surface area contributed by atoms with Crippen LogP contribution in [-0.2, 0) is 0 Å². The van der Waals surface area contributed by atoms with Gasteiger partial charge >= 0.3 is 0 Å². The van der Waals surface area contributed by atoms with Gasteiger partial charge in [-0.05, 0) is 19.8 Å². The number of hydrogen-bond donors (Lipinski definition) is 0. The quantitative estimate of drug-likeness (QED) is 0.300. The van der Waals surface area contributed by atoms with Crippen LogP contribution < -0.4 is 0 Å². The Morgan fingerprint density at radius 2 is 1.28 bits per heavy atom. The summed E-state index contributed by atoms with van der Waals surface area (Å²) in [6.45, 7) is 4.16. The van der Waals surface area contributed by atoms with E-state index in [1.807, 2.05) is 6.92 Å². The second kappa shape index (κ2) is 14.3. The summed E-state index contributed by atoms with van der Waals surface area (Å²) < 4.78 is 0. The molecule has 0 unspecified atom stereocenters. The Hall–Kier alpha value is -0.770. The van der Waals surface area contributed by atoms with E-state index in [9.17, 15) is 0 Å². The molecule has 0 bridgehead atoms. The number of unbranched alkanes of at least 4 members (excludes halogenated alkanes) is 11. The molecule has 0 amide bonds. The first-order chi connectivity index (χ1) is 8.81. The van der Waals surface area contributed by atoms with Gasteiger partial charge < -0.3 is 0 Å². The van der Waals surface area contributed by atoms with Gasteiger partial charge in [0.25, 0.3) is 0 Å². The Bertz CT molecular complexity index is 234. The highest BCUT2D eigenvalue weighted by Crippen LogP contribution is 2.12. The highest BCUT2D eigenvalue weighted by molar-refractivity contribution is 5.16. The average molecular weight is 249 g/mol. The molecule has 0 N–H and O–H groups in total. The molecular weight excluding hydrogens is 218 g/mol. The first-order valence-electron chi connectivity index (χ1n) is 7.88. The van der Waals surface area contributed by atoms with E-state index in [0.29, 0.717) is 0 Å². The van der Waals surface area contributed by atoms with Crippen LogP contribution in [0.2, 0.25) is 0 Å². The molecular formula is C17H31N. The fourth-order valence-electron chi connectivity index (χ4n) is 2.17. The van der Waals surface area contributed by atoms with Gasteiger partial charge in [0, 0.05) is 5.57 Å². The van der Waals surface area contributed by atoms with Gasteiger partial charge in [0.1, 0.15) is 0 Å². The largest absolute Gasteiger partial charge is 0.193 e. The second-order valence-electron chi connectivity index (χ2n) is 5.32. The van der Waals surface area contributed by atoms with E-state index in [0.717, 1.165) is 12.0 Å². The summed E-state index contributed by atoms with van der Waals surface area (Å²) in [6, 6.07) is 2.17. The molecule has 0 aromatic heterocycles. The monoisotopic (exact) mass is 249 g/mol. The maximum atomic E-state index is 8.59. The molecule has 0 spiro atoms. The summed E-state index contributed by atoms with van der Waals surface area (Å²) in [5.41, 5.74) is 0.863. The summed E-state index contributed by atoms with van der Waals surface area (Å²) in [5, 5.41) is 8.59. The fourth-order valence-corrected chi connectivity index (χ4v) is 2.17. The van der Waals surface area contributed by atoms with Gasteiger partial charge in [-0.25, -0.2) is 0 Å². The predicted octanol–water partition coefficient (Wildman–Crippen LogP) is 6.16. The lowest BCUT2D eigenvalue weighted by atomic mass is 10.0. The van der Waals surface area contributed by atoms with Crippen molar-refractivity contribution >= 4 is 0 Å². The van der Waals surface area contributed by atoms with E-state index in [2.05, 4.69) is 19.1 Å². The van der Waals surface area contributed by atoms with Crippen molar-refractivity contribution < 1.29 is 0 Å². The van der Waals surface area contributed by atoms with Crippen LogP contribution in [0.25, 0.3) is 0 Å². The van der Waals surface area contributed by atoms with Crippen LogP contribution in [0.1, 0.15) is 90.9 Å². The van der Waals surface area contributed by atoms with Crippen LogP contribution in [0.5, 0.6) is 0 Å². The molecule has 0 radical (unpaired) electrons. The molecule has 0 saturated carbocycles. The lowest BCUT2D eigenvalue weighted by Crippen LogP contribution is -1.82. The molecule has 0 aromatic carbocycles. The smallest absolute Gasteiger partial charge is 0.0940 e. The Morgan fingerprint density at radius 1 is 0.833 bits per heavy atom. The first kappa shape index (κ1) is 17.2. The fraction of sp³-hybridized carbons (Fsp3) is 0.824. The molecule has 1 nitrogen and oxygen atoms in total. The number of hydrogen-bond acceptors (Lipinski definition) is 1. The van der Waals surface area contributed by atoms with E-state index in [1.54, 1.807) is 0 Å². The van der Waals surface area contributed by atoms with Crippen molar-refractivity contribution in [3.8, 4) is 6.07 Å². The van der Waals surface area contributed by atoms with Crippen LogP contribution in [0.15, 0.2) is 11.6 Å². The Balaban J connectivity index is 3.06. The Morgan fingerprint density at radius 3 is 1.72 bits per heavy atom. The molecule has 0 fully saturated rings. The molecule has 0 heterocycles. The lowest BCUT2D eigenvalue weighted by Gasteiger charge is -2.01. The third-order valence-electron chi connectivity index (χ3n) is 3.43.